The molecule has 1 amide bonds. The molecule has 1 saturated heterocycles. The largest absolute Gasteiger partial charge is 0.444 e. The second-order valence-corrected chi connectivity index (χ2v) is 6.62. The Kier molecular flexibility index (Phi) is 5.08. The molecule has 6 heteroatoms. The van der Waals surface area contributed by atoms with Crippen LogP contribution in [0.3, 0.4) is 0 Å². The van der Waals surface area contributed by atoms with E-state index >= 15 is 0 Å². The fraction of sp³-hybridized carbons (Fsp3) is 0.500. The van der Waals surface area contributed by atoms with Crippen molar-refractivity contribution in [2.24, 2.45) is 0 Å². The van der Waals surface area contributed by atoms with E-state index in [1.165, 1.54) is 6.07 Å². The summed E-state index contributed by atoms with van der Waals surface area (Å²) in [6.45, 7) is 5.88. The van der Waals surface area contributed by atoms with Gasteiger partial charge in [-0.15, -0.1) is 0 Å². The Labute approximate surface area is 134 Å². The first-order valence-corrected chi connectivity index (χ1v) is 7.59. The molecule has 0 saturated carbocycles. The summed E-state index contributed by atoms with van der Waals surface area (Å²) in [4.78, 5) is 24.4. The molecule has 1 atom stereocenters. The van der Waals surface area contributed by atoms with E-state index in [9.17, 15) is 9.59 Å². The minimum Gasteiger partial charge on any atom is -0.444 e. The Bertz CT molecular complexity index is 574. The summed E-state index contributed by atoms with van der Waals surface area (Å²) < 4.78 is 10.6. The van der Waals surface area contributed by atoms with Gasteiger partial charge in [0.15, 0.2) is 5.78 Å². The predicted octanol–water partition coefficient (Wildman–Crippen LogP) is 4.05. The molecule has 1 aliphatic heterocycles. The summed E-state index contributed by atoms with van der Waals surface area (Å²) in [6, 6.07) is 4.75. The maximum atomic E-state index is 12.5. The van der Waals surface area contributed by atoms with E-state index in [2.05, 4.69) is 5.32 Å². The predicted molar refractivity (Wildman–Crippen MR) is 84.6 cm³/mol. The Hall–Kier alpha value is -1.59. The number of ketones is 1. The van der Waals surface area contributed by atoms with Crippen LogP contribution in [0.15, 0.2) is 18.2 Å². The fourth-order valence-electron chi connectivity index (χ4n) is 2.21. The highest BCUT2D eigenvalue weighted by Gasteiger charge is 2.27. The number of halogens is 1. The molecular weight excluding hydrogens is 306 g/mol. The molecule has 0 radical (unpaired) electrons. The molecule has 1 aliphatic rings. The molecule has 1 aromatic carbocycles. The van der Waals surface area contributed by atoms with E-state index < -0.39 is 17.8 Å². The van der Waals surface area contributed by atoms with Crippen molar-refractivity contribution in [2.75, 3.05) is 11.9 Å². The van der Waals surface area contributed by atoms with Gasteiger partial charge < -0.3 is 9.47 Å². The van der Waals surface area contributed by atoms with Crippen LogP contribution in [0, 0.1) is 0 Å². The summed E-state index contributed by atoms with van der Waals surface area (Å²) in [7, 11) is 0. The van der Waals surface area contributed by atoms with Crippen LogP contribution >= 0.6 is 11.6 Å². The van der Waals surface area contributed by atoms with Crippen molar-refractivity contribution in [3.05, 3.63) is 28.8 Å². The Morgan fingerprint density at radius 1 is 1.36 bits per heavy atom. The molecular formula is C16H20ClNO4. The monoisotopic (exact) mass is 325 g/mol. The minimum atomic E-state index is -0.629. The third kappa shape index (κ3) is 4.45. The Morgan fingerprint density at radius 2 is 2.09 bits per heavy atom. The lowest BCUT2D eigenvalue weighted by atomic mass is 10.0. The maximum Gasteiger partial charge on any atom is 0.412 e. The van der Waals surface area contributed by atoms with Crippen molar-refractivity contribution in [1.82, 2.24) is 0 Å². The van der Waals surface area contributed by atoms with Crippen LogP contribution in [0.2, 0.25) is 5.02 Å². The van der Waals surface area contributed by atoms with Gasteiger partial charge in [-0.3, -0.25) is 10.1 Å². The number of ether oxygens (including phenoxy) is 2. The molecule has 0 bridgehead atoms. The van der Waals surface area contributed by atoms with Gasteiger partial charge in [-0.05, 0) is 51.8 Å². The summed E-state index contributed by atoms with van der Waals surface area (Å²) in [6.07, 6.45) is 0.461. The molecule has 22 heavy (non-hydrogen) atoms. The van der Waals surface area contributed by atoms with Crippen LogP contribution in [0.4, 0.5) is 10.5 Å². The number of hydrogen-bond acceptors (Lipinski definition) is 4. The molecule has 0 unspecified atom stereocenters. The first kappa shape index (κ1) is 16.8. The molecule has 1 N–H and O–H groups in total. The van der Waals surface area contributed by atoms with Gasteiger partial charge in [0.2, 0.25) is 0 Å². The lowest BCUT2D eigenvalue weighted by molar-refractivity contribution is 0.0634. The molecule has 1 aromatic rings. The highest BCUT2D eigenvalue weighted by atomic mass is 35.5. The Morgan fingerprint density at radius 3 is 2.68 bits per heavy atom. The van der Waals surface area contributed by atoms with Crippen LogP contribution in [0.25, 0.3) is 0 Å². The zero-order valence-corrected chi connectivity index (χ0v) is 13.7. The first-order chi connectivity index (χ1) is 10.3. The molecule has 0 aromatic heterocycles. The van der Waals surface area contributed by atoms with Gasteiger partial charge in [0.25, 0.3) is 0 Å². The van der Waals surface area contributed by atoms with Crippen molar-refractivity contribution in [1.29, 1.82) is 0 Å². The molecule has 0 spiro atoms. The van der Waals surface area contributed by atoms with Crippen molar-refractivity contribution in [3.8, 4) is 0 Å². The molecule has 5 nitrogen and oxygen atoms in total. The third-order valence-electron chi connectivity index (χ3n) is 3.10. The number of Topliss-reactive ketones (excluding diaryl/α,β-unsaturated/α-hetero) is 1. The van der Waals surface area contributed by atoms with Crippen LogP contribution in [0.1, 0.15) is 44.0 Å². The van der Waals surface area contributed by atoms with Crippen molar-refractivity contribution in [2.45, 2.75) is 45.3 Å². The topological polar surface area (TPSA) is 64.6 Å². The van der Waals surface area contributed by atoms with Gasteiger partial charge in [-0.2, -0.15) is 0 Å². The van der Waals surface area contributed by atoms with E-state index in [4.69, 9.17) is 21.1 Å². The average Bonchev–Trinajstić information content (AvgIpc) is 2.89. The molecule has 0 aliphatic carbocycles. The SMILES string of the molecule is CC(C)(C)OC(=O)Nc1cc(Cl)ccc1C(=O)[C@H]1CCCO1. The number of carbonyl (C=O) groups is 2. The number of rotatable bonds is 3. The molecule has 2 rings (SSSR count). The summed E-state index contributed by atoms with van der Waals surface area (Å²) in [5, 5.41) is 3.02. The summed E-state index contributed by atoms with van der Waals surface area (Å²) in [5.74, 6) is -0.153. The lowest BCUT2D eigenvalue weighted by Gasteiger charge is -2.20. The highest BCUT2D eigenvalue weighted by molar-refractivity contribution is 6.31. The highest BCUT2D eigenvalue weighted by Crippen LogP contribution is 2.26. The smallest absolute Gasteiger partial charge is 0.412 e. The zero-order chi connectivity index (χ0) is 16.3. The minimum absolute atomic E-state index is 0.153. The van der Waals surface area contributed by atoms with Crippen LogP contribution in [-0.2, 0) is 9.47 Å². The van der Waals surface area contributed by atoms with Crippen LogP contribution in [-0.4, -0.2) is 30.2 Å². The van der Waals surface area contributed by atoms with Crippen molar-refractivity contribution < 1.29 is 19.1 Å². The number of carbonyl (C=O) groups excluding carboxylic acids is 2. The van der Waals surface area contributed by atoms with Crippen LogP contribution in [0.5, 0.6) is 0 Å². The Balaban J connectivity index is 2.20. The standard InChI is InChI=1S/C16H20ClNO4/c1-16(2,3)22-15(20)18-12-9-10(17)6-7-11(12)14(19)13-5-4-8-21-13/h6-7,9,13H,4-5,8H2,1-3H3,(H,18,20)/t13-/m1/s1. The van der Waals surface area contributed by atoms with Gasteiger partial charge in [-0.1, -0.05) is 11.6 Å². The van der Waals surface area contributed by atoms with Crippen molar-refractivity contribution in [3.63, 3.8) is 0 Å². The zero-order valence-electron chi connectivity index (χ0n) is 12.9. The maximum absolute atomic E-state index is 12.5. The number of benzene rings is 1. The fourth-order valence-corrected chi connectivity index (χ4v) is 2.38. The second-order valence-electron chi connectivity index (χ2n) is 6.18. The lowest BCUT2D eigenvalue weighted by Crippen LogP contribution is -2.28. The number of anilines is 1. The molecule has 1 heterocycles. The average molecular weight is 326 g/mol. The third-order valence-corrected chi connectivity index (χ3v) is 3.34. The van der Waals surface area contributed by atoms with Gasteiger partial charge in [0.1, 0.15) is 11.7 Å². The summed E-state index contributed by atoms with van der Waals surface area (Å²) >= 11 is 5.96. The molecule has 120 valence electrons. The normalized spacial score (nSPS) is 18.1. The van der Waals surface area contributed by atoms with Gasteiger partial charge in [0, 0.05) is 17.2 Å². The van der Waals surface area contributed by atoms with Gasteiger partial charge in [-0.25, -0.2) is 4.79 Å². The second kappa shape index (κ2) is 6.67. The van der Waals surface area contributed by atoms with Gasteiger partial charge in [0.05, 0.1) is 5.69 Å². The van der Waals surface area contributed by atoms with E-state index in [0.717, 1.165) is 6.42 Å². The number of amides is 1. The number of hydrogen-bond donors (Lipinski definition) is 1. The van der Waals surface area contributed by atoms with Gasteiger partial charge >= 0.3 is 6.09 Å². The quantitative estimate of drug-likeness (QED) is 0.851. The molecule has 1 fully saturated rings. The van der Waals surface area contributed by atoms with E-state index in [0.29, 0.717) is 29.3 Å². The van der Waals surface area contributed by atoms with E-state index in [-0.39, 0.29) is 5.78 Å². The first-order valence-electron chi connectivity index (χ1n) is 7.21. The number of nitrogens with one attached hydrogen (secondary N) is 1. The van der Waals surface area contributed by atoms with E-state index in [1.54, 1.807) is 32.9 Å². The van der Waals surface area contributed by atoms with Crippen LogP contribution < -0.4 is 5.32 Å². The van der Waals surface area contributed by atoms with E-state index in [1.807, 2.05) is 0 Å². The van der Waals surface area contributed by atoms with Crippen molar-refractivity contribution >= 4 is 29.2 Å². The summed E-state index contributed by atoms with van der Waals surface area (Å²) in [5.41, 5.74) is 0.0888.